The van der Waals surface area contributed by atoms with Gasteiger partial charge in [-0.2, -0.15) is 0 Å². The molecule has 4 rings (SSSR count). The fraction of sp³-hybridized carbons (Fsp3) is 0.292. The number of nitrogens with one attached hydrogen (secondary N) is 1. The summed E-state index contributed by atoms with van der Waals surface area (Å²) in [7, 11) is 1.43. The number of anilines is 2. The molecule has 0 radical (unpaired) electrons. The molecule has 33 heavy (non-hydrogen) atoms. The van der Waals surface area contributed by atoms with E-state index in [1.54, 1.807) is 36.4 Å². The molecule has 0 spiro atoms. The smallest absolute Gasteiger partial charge is 0.283 e. The third kappa shape index (κ3) is 4.56. The minimum atomic E-state index is -0.695. The first-order valence-corrected chi connectivity index (χ1v) is 11.3. The van der Waals surface area contributed by atoms with Gasteiger partial charge >= 0.3 is 0 Å². The molecule has 1 unspecified atom stereocenters. The SMILES string of the molecule is COc1ccc(Cl)cc1N1C(=O)C(Cl)=C(Nc2cccc(C(=O)N3CCCC(C)C3)c2)C1=O. The molecule has 1 N–H and O–H groups in total. The number of piperidine rings is 1. The van der Waals surface area contributed by atoms with Gasteiger partial charge < -0.3 is 15.0 Å². The summed E-state index contributed by atoms with van der Waals surface area (Å²) in [6.45, 7) is 3.58. The fourth-order valence-electron chi connectivity index (χ4n) is 4.10. The van der Waals surface area contributed by atoms with Crippen molar-refractivity contribution >= 4 is 52.3 Å². The molecule has 0 aliphatic carbocycles. The highest BCUT2D eigenvalue weighted by Gasteiger charge is 2.40. The third-order valence-electron chi connectivity index (χ3n) is 5.73. The molecule has 1 fully saturated rings. The van der Waals surface area contributed by atoms with Crippen molar-refractivity contribution in [3.8, 4) is 5.75 Å². The third-order valence-corrected chi connectivity index (χ3v) is 6.32. The van der Waals surface area contributed by atoms with E-state index in [2.05, 4.69) is 12.2 Å². The summed E-state index contributed by atoms with van der Waals surface area (Å²) >= 11 is 12.3. The number of hydrogen-bond donors (Lipinski definition) is 1. The quantitative estimate of drug-likeness (QED) is 0.620. The Morgan fingerprint density at radius 1 is 1.12 bits per heavy atom. The predicted molar refractivity (Wildman–Crippen MR) is 128 cm³/mol. The number of benzene rings is 2. The monoisotopic (exact) mass is 487 g/mol. The number of carbonyl (C=O) groups excluding carboxylic acids is 3. The van der Waals surface area contributed by atoms with Crippen molar-refractivity contribution in [1.82, 2.24) is 4.90 Å². The van der Waals surface area contributed by atoms with Crippen LogP contribution >= 0.6 is 23.2 Å². The number of amides is 3. The van der Waals surface area contributed by atoms with Gasteiger partial charge in [0.05, 0.1) is 12.8 Å². The Morgan fingerprint density at radius 2 is 1.91 bits per heavy atom. The van der Waals surface area contributed by atoms with Crippen molar-refractivity contribution in [2.75, 3.05) is 30.4 Å². The van der Waals surface area contributed by atoms with Gasteiger partial charge in [-0.3, -0.25) is 14.4 Å². The van der Waals surface area contributed by atoms with Crippen molar-refractivity contribution in [2.45, 2.75) is 19.8 Å². The Balaban J connectivity index is 1.58. The Morgan fingerprint density at radius 3 is 2.64 bits per heavy atom. The predicted octanol–water partition coefficient (Wildman–Crippen LogP) is 4.66. The van der Waals surface area contributed by atoms with E-state index in [1.807, 2.05) is 4.90 Å². The lowest BCUT2D eigenvalue weighted by atomic mass is 9.99. The summed E-state index contributed by atoms with van der Waals surface area (Å²) in [6, 6.07) is 11.4. The summed E-state index contributed by atoms with van der Waals surface area (Å²) in [5.74, 6) is -0.643. The molecule has 2 heterocycles. The van der Waals surface area contributed by atoms with E-state index < -0.39 is 11.8 Å². The lowest BCUT2D eigenvalue weighted by Crippen LogP contribution is -2.39. The van der Waals surface area contributed by atoms with Crippen LogP contribution in [0, 0.1) is 5.92 Å². The molecule has 0 bridgehead atoms. The number of methoxy groups -OCH3 is 1. The number of nitrogens with zero attached hydrogens (tertiary/aromatic N) is 2. The van der Waals surface area contributed by atoms with Crippen LogP contribution in [-0.2, 0) is 9.59 Å². The van der Waals surface area contributed by atoms with Gasteiger partial charge in [-0.25, -0.2) is 4.90 Å². The van der Waals surface area contributed by atoms with Gasteiger partial charge in [0, 0.05) is 29.4 Å². The van der Waals surface area contributed by atoms with Crippen molar-refractivity contribution in [3.05, 3.63) is 63.8 Å². The van der Waals surface area contributed by atoms with Gasteiger partial charge in [-0.05, 0) is 55.2 Å². The molecule has 2 aromatic rings. The van der Waals surface area contributed by atoms with Crippen molar-refractivity contribution < 1.29 is 19.1 Å². The van der Waals surface area contributed by atoms with E-state index in [0.717, 1.165) is 30.8 Å². The van der Waals surface area contributed by atoms with E-state index in [0.29, 0.717) is 27.9 Å². The second kappa shape index (κ2) is 9.45. The highest BCUT2D eigenvalue weighted by atomic mass is 35.5. The highest BCUT2D eigenvalue weighted by Crippen LogP contribution is 2.37. The zero-order valence-electron chi connectivity index (χ0n) is 18.2. The van der Waals surface area contributed by atoms with Crippen molar-refractivity contribution in [3.63, 3.8) is 0 Å². The Hall–Kier alpha value is -3.03. The Bertz CT molecular complexity index is 1160. The maximum absolute atomic E-state index is 13.1. The number of likely N-dealkylation sites (tertiary alicyclic amines) is 1. The summed E-state index contributed by atoms with van der Waals surface area (Å²) in [5, 5.41) is 3.00. The van der Waals surface area contributed by atoms with Crippen LogP contribution in [0.4, 0.5) is 11.4 Å². The molecule has 172 valence electrons. The molecule has 1 atom stereocenters. The molecule has 0 saturated carbocycles. The molecule has 7 nitrogen and oxygen atoms in total. The molecule has 9 heteroatoms. The fourth-order valence-corrected chi connectivity index (χ4v) is 4.48. The van der Waals surface area contributed by atoms with Gasteiger partial charge in [0.15, 0.2) is 0 Å². The van der Waals surface area contributed by atoms with Gasteiger partial charge in [0.1, 0.15) is 16.5 Å². The van der Waals surface area contributed by atoms with Crippen LogP contribution in [0.2, 0.25) is 5.02 Å². The molecule has 2 aliphatic rings. The average Bonchev–Trinajstić information content (AvgIpc) is 3.01. The first kappa shape index (κ1) is 23.1. The van der Waals surface area contributed by atoms with Crippen LogP contribution in [0.25, 0.3) is 0 Å². The summed E-state index contributed by atoms with van der Waals surface area (Å²) in [6.07, 6.45) is 2.09. The van der Waals surface area contributed by atoms with Crippen LogP contribution in [-0.4, -0.2) is 42.8 Å². The number of ether oxygens (including phenoxy) is 1. The van der Waals surface area contributed by atoms with Gasteiger partial charge in [-0.15, -0.1) is 0 Å². The number of hydrogen-bond acceptors (Lipinski definition) is 5. The Kier molecular flexibility index (Phi) is 6.63. The molecular formula is C24H23Cl2N3O4. The summed E-state index contributed by atoms with van der Waals surface area (Å²) < 4.78 is 5.28. The van der Waals surface area contributed by atoms with Crippen LogP contribution in [0.3, 0.4) is 0 Å². The topological polar surface area (TPSA) is 79.0 Å². The number of imide groups is 1. The lowest BCUT2D eigenvalue weighted by Gasteiger charge is -2.31. The standard InChI is InChI=1S/C24H23Cl2N3O4/c1-14-5-4-10-28(13-14)22(30)15-6-3-7-17(11-15)27-21-20(26)23(31)29(24(21)32)18-12-16(25)8-9-19(18)33-2/h3,6-9,11-12,14,27H,4-5,10,13H2,1-2H3. The number of rotatable bonds is 5. The maximum atomic E-state index is 13.1. The zero-order valence-corrected chi connectivity index (χ0v) is 19.7. The van der Waals surface area contributed by atoms with Gasteiger partial charge in [-0.1, -0.05) is 36.2 Å². The number of halogens is 2. The van der Waals surface area contributed by atoms with Gasteiger partial charge in [0.25, 0.3) is 17.7 Å². The van der Waals surface area contributed by atoms with Gasteiger partial charge in [0.2, 0.25) is 0 Å². The van der Waals surface area contributed by atoms with Crippen LogP contribution in [0.1, 0.15) is 30.1 Å². The second-order valence-electron chi connectivity index (χ2n) is 8.16. The summed E-state index contributed by atoms with van der Waals surface area (Å²) in [5.41, 5.74) is 1.08. The van der Waals surface area contributed by atoms with Crippen LogP contribution < -0.4 is 15.0 Å². The summed E-state index contributed by atoms with van der Waals surface area (Å²) in [4.78, 5) is 41.7. The molecule has 0 aromatic heterocycles. The van der Waals surface area contributed by atoms with E-state index in [9.17, 15) is 14.4 Å². The van der Waals surface area contributed by atoms with E-state index in [4.69, 9.17) is 27.9 Å². The van der Waals surface area contributed by atoms with E-state index in [1.165, 1.54) is 13.2 Å². The molecule has 1 saturated heterocycles. The first-order chi connectivity index (χ1) is 15.8. The average molecular weight is 488 g/mol. The largest absolute Gasteiger partial charge is 0.495 e. The minimum Gasteiger partial charge on any atom is -0.495 e. The molecular weight excluding hydrogens is 465 g/mol. The second-order valence-corrected chi connectivity index (χ2v) is 8.97. The van der Waals surface area contributed by atoms with E-state index in [-0.39, 0.29) is 22.3 Å². The molecule has 3 amide bonds. The Labute approximate surface area is 201 Å². The van der Waals surface area contributed by atoms with Crippen LogP contribution in [0.15, 0.2) is 53.2 Å². The molecule has 2 aromatic carbocycles. The van der Waals surface area contributed by atoms with Crippen LogP contribution in [0.5, 0.6) is 5.75 Å². The number of carbonyl (C=O) groups is 3. The first-order valence-electron chi connectivity index (χ1n) is 10.6. The highest BCUT2D eigenvalue weighted by molar-refractivity contribution is 6.53. The maximum Gasteiger partial charge on any atom is 0.283 e. The zero-order chi connectivity index (χ0) is 23.7. The van der Waals surface area contributed by atoms with Crippen molar-refractivity contribution in [2.24, 2.45) is 5.92 Å². The van der Waals surface area contributed by atoms with E-state index >= 15 is 0 Å². The van der Waals surface area contributed by atoms with Crippen molar-refractivity contribution in [1.29, 1.82) is 0 Å². The molecule has 2 aliphatic heterocycles. The lowest BCUT2D eigenvalue weighted by molar-refractivity contribution is -0.120. The minimum absolute atomic E-state index is 0.0654. The normalized spacial score (nSPS) is 18.7.